The maximum Gasteiger partial charge on any atom is 0.191 e. The molecule has 0 spiro atoms. The van der Waals surface area contributed by atoms with E-state index in [9.17, 15) is 13.2 Å². The van der Waals surface area contributed by atoms with Gasteiger partial charge in [-0.1, -0.05) is 49.9 Å². The summed E-state index contributed by atoms with van der Waals surface area (Å²) < 4.78 is 25.1. The minimum Gasteiger partial charge on any atom is -0.309 e. The van der Waals surface area contributed by atoms with Crippen LogP contribution in [0.4, 0.5) is 0 Å². The predicted octanol–water partition coefficient (Wildman–Crippen LogP) is 2.82. The first-order chi connectivity index (χ1) is 12.3. The molecule has 0 saturated carbocycles. The number of hydrogen-bond donors (Lipinski definition) is 0. The van der Waals surface area contributed by atoms with Gasteiger partial charge in [0.25, 0.3) is 0 Å². The minimum absolute atomic E-state index is 0.0401. The van der Waals surface area contributed by atoms with Crippen LogP contribution in [0.3, 0.4) is 0 Å². The van der Waals surface area contributed by atoms with Crippen molar-refractivity contribution in [1.82, 2.24) is 14.8 Å². The summed E-state index contributed by atoms with van der Waals surface area (Å²) in [5.41, 5.74) is 1.89. The molecule has 1 unspecified atom stereocenters. The van der Waals surface area contributed by atoms with E-state index in [4.69, 9.17) is 0 Å². The van der Waals surface area contributed by atoms with Crippen molar-refractivity contribution >= 4 is 27.4 Å². The van der Waals surface area contributed by atoms with Gasteiger partial charge in [0.15, 0.2) is 20.8 Å². The number of carbonyl (C=O) groups excluding carboxylic acids is 1. The predicted molar refractivity (Wildman–Crippen MR) is 103 cm³/mol. The topological polar surface area (TPSA) is 81.9 Å². The number of hydrogen-bond acceptors (Lipinski definition) is 6. The Bertz CT molecular complexity index is 902. The van der Waals surface area contributed by atoms with Crippen LogP contribution in [-0.4, -0.2) is 46.2 Å². The van der Waals surface area contributed by atoms with Crippen molar-refractivity contribution in [3.8, 4) is 0 Å². The third-order valence-corrected chi connectivity index (χ3v) is 7.49. The van der Waals surface area contributed by atoms with Crippen molar-refractivity contribution in [2.24, 2.45) is 7.05 Å². The molecule has 1 fully saturated rings. The van der Waals surface area contributed by atoms with Crippen LogP contribution >= 0.6 is 11.8 Å². The molecule has 0 bridgehead atoms. The Morgan fingerprint density at radius 2 is 1.96 bits per heavy atom. The van der Waals surface area contributed by atoms with Gasteiger partial charge in [-0.05, 0) is 17.9 Å². The van der Waals surface area contributed by atoms with Gasteiger partial charge in [-0.2, -0.15) is 0 Å². The van der Waals surface area contributed by atoms with E-state index in [1.807, 2.05) is 35.9 Å². The minimum atomic E-state index is -2.96. The van der Waals surface area contributed by atoms with E-state index >= 15 is 0 Å². The normalized spacial score (nSPS) is 19.2. The monoisotopic (exact) mass is 393 g/mol. The number of carbonyl (C=O) groups is 1. The van der Waals surface area contributed by atoms with Crippen molar-refractivity contribution in [1.29, 1.82) is 0 Å². The molecule has 0 aliphatic carbocycles. The number of Topliss-reactive ketones (excluding diaryl/α,β-unsaturated/α-hetero) is 1. The van der Waals surface area contributed by atoms with Crippen molar-refractivity contribution in [3.63, 3.8) is 0 Å². The van der Waals surface area contributed by atoms with Gasteiger partial charge >= 0.3 is 0 Å². The van der Waals surface area contributed by atoms with Crippen LogP contribution < -0.4 is 0 Å². The second-order valence-corrected chi connectivity index (χ2v) is 10.2. The molecule has 1 aromatic carbocycles. The van der Waals surface area contributed by atoms with Crippen LogP contribution in [0.2, 0.25) is 0 Å². The Hall–Kier alpha value is -1.67. The standard InChI is InChI=1S/C18H23N3O3S2/c1-12(2)13-4-6-14(7-5-13)16(22)10-25-18-20-19-17(21(18)3)15-8-9-26(23,24)11-15/h4-7,12,15H,8-11H2,1-3H3. The molecule has 0 amide bonds. The summed E-state index contributed by atoms with van der Waals surface area (Å²) in [5.74, 6) is 1.66. The molecule has 8 heteroatoms. The quantitative estimate of drug-likeness (QED) is 0.554. The van der Waals surface area contributed by atoms with Gasteiger partial charge in [-0.15, -0.1) is 10.2 Å². The van der Waals surface area contributed by atoms with E-state index in [1.165, 1.54) is 17.3 Å². The van der Waals surface area contributed by atoms with E-state index in [0.717, 1.165) is 0 Å². The number of nitrogens with zero attached hydrogens (tertiary/aromatic N) is 3. The fourth-order valence-corrected chi connectivity index (χ4v) is 5.63. The summed E-state index contributed by atoms with van der Waals surface area (Å²) in [5, 5.41) is 8.94. The molecule has 1 aromatic heterocycles. The number of ketones is 1. The van der Waals surface area contributed by atoms with Gasteiger partial charge in [0.1, 0.15) is 5.82 Å². The number of aromatic nitrogens is 3. The molecule has 0 radical (unpaired) electrons. The molecule has 1 aliphatic heterocycles. The lowest BCUT2D eigenvalue weighted by molar-refractivity contribution is 0.102. The number of rotatable bonds is 6. The zero-order chi connectivity index (χ0) is 18.9. The zero-order valence-corrected chi connectivity index (χ0v) is 16.8. The molecular weight excluding hydrogens is 370 g/mol. The average molecular weight is 394 g/mol. The second-order valence-electron chi connectivity index (χ2n) is 6.99. The Morgan fingerprint density at radius 1 is 1.27 bits per heavy atom. The highest BCUT2D eigenvalue weighted by Crippen LogP contribution is 2.29. The Balaban J connectivity index is 1.64. The molecule has 0 N–H and O–H groups in total. The molecule has 2 aromatic rings. The average Bonchev–Trinajstić information content (AvgIpc) is 3.14. The summed E-state index contributed by atoms with van der Waals surface area (Å²) in [4.78, 5) is 12.4. The molecule has 2 heterocycles. The van der Waals surface area contributed by atoms with Crippen LogP contribution in [0.1, 0.15) is 53.8 Å². The summed E-state index contributed by atoms with van der Waals surface area (Å²) in [7, 11) is -1.14. The first-order valence-corrected chi connectivity index (χ1v) is 11.4. The maximum atomic E-state index is 12.4. The second kappa shape index (κ2) is 7.52. The molecule has 1 atom stereocenters. The van der Waals surface area contributed by atoms with E-state index in [1.54, 1.807) is 0 Å². The van der Waals surface area contributed by atoms with Crippen LogP contribution in [0.25, 0.3) is 0 Å². The Morgan fingerprint density at radius 3 is 2.54 bits per heavy atom. The zero-order valence-electron chi connectivity index (χ0n) is 15.2. The first kappa shape index (κ1) is 19.1. The first-order valence-electron chi connectivity index (χ1n) is 8.62. The van der Waals surface area contributed by atoms with E-state index < -0.39 is 9.84 Å². The summed E-state index contributed by atoms with van der Waals surface area (Å²) in [6, 6.07) is 7.71. The van der Waals surface area contributed by atoms with Crippen LogP contribution in [-0.2, 0) is 16.9 Å². The van der Waals surface area contributed by atoms with E-state index in [2.05, 4.69) is 24.0 Å². The molecule has 6 nitrogen and oxygen atoms in total. The SMILES string of the molecule is CC(C)c1ccc(C(=O)CSc2nnc(C3CCS(=O)(=O)C3)n2C)cc1. The van der Waals surface area contributed by atoms with Gasteiger partial charge in [0.05, 0.1) is 17.3 Å². The lowest BCUT2D eigenvalue weighted by Crippen LogP contribution is -2.09. The van der Waals surface area contributed by atoms with Crippen LogP contribution in [0.5, 0.6) is 0 Å². The molecule has 26 heavy (non-hydrogen) atoms. The summed E-state index contributed by atoms with van der Waals surface area (Å²) in [6.07, 6.45) is 0.583. The Kier molecular flexibility index (Phi) is 5.53. The summed E-state index contributed by atoms with van der Waals surface area (Å²) in [6.45, 7) is 4.24. The molecular formula is C18H23N3O3S2. The van der Waals surface area contributed by atoms with Gasteiger partial charge in [0.2, 0.25) is 0 Å². The third-order valence-electron chi connectivity index (χ3n) is 4.70. The van der Waals surface area contributed by atoms with Crippen molar-refractivity contribution < 1.29 is 13.2 Å². The van der Waals surface area contributed by atoms with Crippen molar-refractivity contribution in [2.75, 3.05) is 17.3 Å². The third kappa shape index (κ3) is 4.17. The van der Waals surface area contributed by atoms with Crippen molar-refractivity contribution in [3.05, 3.63) is 41.2 Å². The smallest absolute Gasteiger partial charge is 0.191 e. The van der Waals surface area contributed by atoms with Gasteiger partial charge in [-0.3, -0.25) is 4.79 Å². The molecule has 1 aliphatic rings. The van der Waals surface area contributed by atoms with E-state index in [0.29, 0.717) is 28.9 Å². The highest BCUT2D eigenvalue weighted by molar-refractivity contribution is 7.99. The highest BCUT2D eigenvalue weighted by Gasteiger charge is 2.32. The molecule has 1 saturated heterocycles. The van der Waals surface area contributed by atoms with Gasteiger partial charge in [-0.25, -0.2) is 8.42 Å². The number of sulfone groups is 1. The van der Waals surface area contributed by atoms with Crippen LogP contribution in [0.15, 0.2) is 29.4 Å². The van der Waals surface area contributed by atoms with Crippen molar-refractivity contribution in [2.45, 2.75) is 37.3 Å². The van der Waals surface area contributed by atoms with E-state index in [-0.39, 0.29) is 29.0 Å². The Labute approximate surface area is 158 Å². The summed E-state index contributed by atoms with van der Waals surface area (Å²) >= 11 is 1.33. The lowest BCUT2D eigenvalue weighted by Gasteiger charge is -2.08. The fourth-order valence-electron chi connectivity index (χ4n) is 3.07. The lowest BCUT2D eigenvalue weighted by atomic mass is 10.0. The fraction of sp³-hybridized carbons (Fsp3) is 0.500. The largest absolute Gasteiger partial charge is 0.309 e. The van der Waals surface area contributed by atoms with Crippen LogP contribution in [0, 0.1) is 0 Å². The molecule has 3 rings (SSSR count). The maximum absolute atomic E-state index is 12.4. The van der Waals surface area contributed by atoms with Gasteiger partial charge in [0, 0.05) is 18.5 Å². The molecule has 140 valence electrons. The van der Waals surface area contributed by atoms with Gasteiger partial charge < -0.3 is 4.57 Å². The highest BCUT2D eigenvalue weighted by atomic mass is 32.2. The number of thioether (sulfide) groups is 1. The number of benzene rings is 1.